The second-order valence-electron chi connectivity index (χ2n) is 7.94. The van der Waals surface area contributed by atoms with Crippen molar-refractivity contribution in [1.82, 2.24) is 14.7 Å². The SMILES string of the molecule is Cc1ccc(C)c(CN2C[C@H]3CC[C@@H]2CN(CC(=O)N(C)C)C3)c1. The van der Waals surface area contributed by atoms with E-state index < -0.39 is 0 Å². The number of carbonyl (C=O) groups is 1. The Balaban J connectivity index is 1.69. The lowest BCUT2D eigenvalue weighted by atomic mass is 9.94. The van der Waals surface area contributed by atoms with Crippen LogP contribution in [0, 0.1) is 19.8 Å². The molecule has 0 spiro atoms. The van der Waals surface area contributed by atoms with Crippen molar-refractivity contribution in [2.75, 3.05) is 40.3 Å². The van der Waals surface area contributed by atoms with Crippen molar-refractivity contribution in [2.45, 2.75) is 39.3 Å². The first kappa shape index (κ1) is 17.4. The third kappa shape index (κ3) is 3.98. The Morgan fingerprint density at radius 2 is 1.96 bits per heavy atom. The van der Waals surface area contributed by atoms with Crippen LogP contribution in [0.2, 0.25) is 0 Å². The van der Waals surface area contributed by atoms with E-state index in [4.69, 9.17) is 0 Å². The van der Waals surface area contributed by atoms with Gasteiger partial charge >= 0.3 is 0 Å². The summed E-state index contributed by atoms with van der Waals surface area (Å²) in [4.78, 5) is 18.8. The number of likely N-dealkylation sites (N-methyl/N-ethyl adjacent to an activating group) is 1. The van der Waals surface area contributed by atoms with Gasteiger partial charge in [0.05, 0.1) is 6.54 Å². The van der Waals surface area contributed by atoms with Crippen LogP contribution in [0.1, 0.15) is 29.5 Å². The zero-order valence-corrected chi connectivity index (χ0v) is 15.6. The second-order valence-corrected chi connectivity index (χ2v) is 7.94. The number of amides is 1. The summed E-state index contributed by atoms with van der Waals surface area (Å²) in [5.74, 6) is 0.918. The van der Waals surface area contributed by atoms with Crippen LogP contribution < -0.4 is 0 Å². The van der Waals surface area contributed by atoms with Gasteiger partial charge in [-0.25, -0.2) is 0 Å². The quantitative estimate of drug-likeness (QED) is 0.848. The molecule has 4 rings (SSSR count). The molecule has 1 amide bonds. The molecule has 3 fully saturated rings. The molecule has 24 heavy (non-hydrogen) atoms. The van der Waals surface area contributed by atoms with Gasteiger partial charge in [-0.05, 0) is 43.7 Å². The highest BCUT2D eigenvalue weighted by Crippen LogP contribution is 2.29. The fraction of sp³-hybridized carbons (Fsp3) is 0.650. The average Bonchev–Trinajstić information content (AvgIpc) is 2.81. The van der Waals surface area contributed by atoms with Crippen LogP contribution in [-0.4, -0.2) is 66.9 Å². The maximum Gasteiger partial charge on any atom is 0.236 e. The average molecular weight is 329 g/mol. The van der Waals surface area contributed by atoms with E-state index in [1.165, 1.54) is 36.1 Å². The molecule has 3 aliphatic heterocycles. The summed E-state index contributed by atoms with van der Waals surface area (Å²) in [5.41, 5.74) is 4.19. The fourth-order valence-corrected chi connectivity index (χ4v) is 4.12. The van der Waals surface area contributed by atoms with E-state index in [9.17, 15) is 4.79 Å². The molecule has 0 aliphatic carbocycles. The number of piperidine rings is 1. The lowest BCUT2D eigenvalue weighted by molar-refractivity contribution is -0.130. The van der Waals surface area contributed by atoms with E-state index in [0.29, 0.717) is 18.5 Å². The monoisotopic (exact) mass is 329 g/mol. The smallest absolute Gasteiger partial charge is 0.236 e. The molecule has 132 valence electrons. The van der Waals surface area contributed by atoms with Gasteiger partial charge in [-0.2, -0.15) is 0 Å². The minimum atomic E-state index is 0.220. The minimum Gasteiger partial charge on any atom is -0.348 e. The van der Waals surface area contributed by atoms with E-state index >= 15 is 0 Å². The Morgan fingerprint density at radius 1 is 1.17 bits per heavy atom. The third-order valence-electron chi connectivity index (χ3n) is 5.64. The number of benzene rings is 1. The van der Waals surface area contributed by atoms with Crippen LogP contribution in [0.25, 0.3) is 0 Å². The van der Waals surface area contributed by atoms with Gasteiger partial charge in [-0.3, -0.25) is 14.6 Å². The van der Waals surface area contributed by atoms with Crippen LogP contribution in [0.15, 0.2) is 18.2 Å². The van der Waals surface area contributed by atoms with Crippen molar-refractivity contribution in [2.24, 2.45) is 5.92 Å². The first-order chi connectivity index (χ1) is 11.4. The predicted molar refractivity (Wildman–Crippen MR) is 98.0 cm³/mol. The van der Waals surface area contributed by atoms with E-state index in [1.807, 2.05) is 14.1 Å². The largest absolute Gasteiger partial charge is 0.348 e. The van der Waals surface area contributed by atoms with E-state index in [-0.39, 0.29) is 5.91 Å². The number of aryl methyl sites for hydroxylation is 2. The summed E-state index contributed by atoms with van der Waals surface area (Å²) in [5, 5.41) is 0. The lowest BCUT2D eigenvalue weighted by Gasteiger charge is -2.36. The maximum absolute atomic E-state index is 12.1. The third-order valence-corrected chi connectivity index (χ3v) is 5.64. The zero-order valence-electron chi connectivity index (χ0n) is 15.6. The van der Waals surface area contributed by atoms with Crippen LogP contribution in [-0.2, 0) is 11.3 Å². The molecule has 3 aliphatic rings. The van der Waals surface area contributed by atoms with Crippen molar-refractivity contribution < 1.29 is 4.79 Å². The predicted octanol–water partition coefficient (Wildman–Crippen LogP) is 2.29. The van der Waals surface area contributed by atoms with E-state index in [2.05, 4.69) is 41.8 Å². The van der Waals surface area contributed by atoms with Gasteiger partial charge in [-0.1, -0.05) is 23.8 Å². The zero-order chi connectivity index (χ0) is 17.3. The molecule has 0 radical (unpaired) electrons. The van der Waals surface area contributed by atoms with Crippen molar-refractivity contribution >= 4 is 5.91 Å². The van der Waals surface area contributed by atoms with Crippen molar-refractivity contribution in [1.29, 1.82) is 0 Å². The summed E-state index contributed by atoms with van der Waals surface area (Å²) in [7, 11) is 3.70. The molecule has 2 bridgehead atoms. The van der Waals surface area contributed by atoms with Crippen molar-refractivity contribution in [3.8, 4) is 0 Å². The highest BCUT2D eigenvalue weighted by Gasteiger charge is 2.35. The van der Waals surface area contributed by atoms with Gasteiger partial charge < -0.3 is 4.90 Å². The fourth-order valence-electron chi connectivity index (χ4n) is 4.12. The molecule has 1 aromatic rings. The van der Waals surface area contributed by atoms with Gasteiger partial charge in [-0.15, -0.1) is 0 Å². The summed E-state index contributed by atoms with van der Waals surface area (Å²) < 4.78 is 0. The standard InChI is InChI=1S/C20H31N3O/c1-15-5-6-16(2)18(9-15)12-23-11-17-7-8-19(23)13-22(10-17)14-20(24)21(3)4/h5-6,9,17,19H,7-8,10-14H2,1-4H3/t17-,19+/m0/s1. The number of rotatable bonds is 4. The van der Waals surface area contributed by atoms with Crippen LogP contribution in [0.4, 0.5) is 0 Å². The number of hydrogen-bond acceptors (Lipinski definition) is 3. The summed E-state index contributed by atoms with van der Waals surface area (Å²) >= 11 is 0. The normalized spacial score (nSPS) is 24.8. The first-order valence-electron chi connectivity index (χ1n) is 9.15. The lowest BCUT2D eigenvalue weighted by Crippen LogP contribution is -2.44. The van der Waals surface area contributed by atoms with Gasteiger partial charge in [0.25, 0.3) is 0 Å². The van der Waals surface area contributed by atoms with Crippen LogP contribution >= 0.6 is 0 Å². The van der Waals surface area contributed by atoms with E-state index in [0.717, 1.165) is 19.6 Å². The van der Waals surface area contributed by atoms with Gasteiger partial charge in [0.15, 0.2) is 0 Å². The number of fused-ring (bicyclic) bond motifs is 4. The van der Waals surface area contributed by atoms with Gasteiger partial charge in [0.2, 0.25) is 5.91 Å². The minimum absolute atomic E-state index is 0.220. The molecule has 3 heterocycles. The Morgan fingerprint density at radius 3 is 2.71 bits per heavy atom. The number of nitrogens with zero attached hydrogens (tertiary/aromatic N) is 3. The molecule has 3 saturated heterocycles. The molecule has 0 N–H and O–H groups in total. The van der Waals surface area contributed by atoms with Crippen molar-refractivity contribution in [3.05, 3.63) is 34.9 Å². The molecule has 0 unspecified atom stereocenters. The molecule has 2 atom stereocenters. The first-order valence-corrected chi connectivity index (χ1v) is 9.15. The highest BCUT2D eigenvalue weighted by molar-refractivity contribution is 5.77. The number of hydrogen-bond donors (Lipinski definition) is 0. The summed E-state index contributed by atoms with van der Waals surface area (Å²) in [6.07, 6.45) is 2.57. The maximum atomic E-state index is 12.1. The molecular weight excluding hydrogens is 298 g/mol. The Bertz CT molecular complexity index is 599. The summed E-state index contributed by atoms with van der Waals surface area (Å²) in [6, 6.07) is 7.35. The molecule has 4 heteroatoms. The topological polar surface area (TPSA) is 26.8 Å². The number of carbonyl (C=O) groups excluding carboxylic acids is 1. The molecule has 0 saturated carbocycles. The van der Waals surface area contributed by atoms with E-state index in [1.54, 1.807) is 4.90 Å². The Hall–Kier alpha value is -1.39. The van der Waals surface area contributed by atoms with Gasteiger partial charge in [0, 0.05) is 46.3 Å². The summed E-state index contributed by atoms with van der Waals surface area (Å²) in [6.45, 7) is 9.27. The molecule has 0 aromatic heterocycles. The second kappa shape index (κ2) is 7.24. The van der Waals surface area contributed by atoms with Crippen LogP contribution in [0.5, 0.6) is 0 Å². The highest BCUT2D eigenvalue weighted by atomic mass is 16.2. The Kier molecular flexibility index (Phi) is 5.26. The Labute approximate surface area is 146 Å². The van der Waals surface area contributed by atoms with Crippen LogP contribution in [0.3, 0.4) is 0 Å². The van der Waals surface area contributed by atoms with Gasteiger partial charge in [0.1, 0.15) is 0 Å². The molecule has 1 aromatic carbocycles. The van der Waals surface area contributed by atoms with Crippen molar-refractivity contribution in [3.63, 3.8) is 0 Å². The molecule has 4 nitrogen and oxygen atoms in total. The molecular formula is C20H31N3O.